The molecule has 104 valence electrons. The summed E-state index contributed by atoms with van der Waals surface area (Å²) in [4.78, 5) is 11.6. The molecule has 1 aliphatic carbocycles. The maximum atomic E-state index is 11.8. The van der Waals surface area contributed by atoms with E-state index in [2.05, 4.69) is 4.72 Å². The van der Waals surface area contributed by atoms with Crippen molar-refractivity contribution in [1.29, 1.82) is 0 Å². The van der Waals surface area contributed by atoms with Gasteiger partial charge in [-0.3, -0.25) is 4.79 Å². The summed E-state index contributed by atoms with van der Waals surface area (Å²) in [6, 6.07) is 8.09. The molecule has 0 saturated heterocycles. The second-order valence-electron chi connectivity index (χ2n) is 4.70. The smallest absolute Gasteiger partial charge is 0.309 e. The summed E-state index contributed by atoms with van der Waals surface area (Å²) < 4.78 is 31.0. The number of esters is 1. The van der Waals surface area contributed by atoms with Gasteiger partial charge >= 0.3 is 5.97 Å². The van der Waals surface area contributed by atoms with Crippen LogP contribution < -0.4 is 4.72 Å². The van der Waals surface area contributed by atoms with E-state index in [-0.39, 0.29) is 29.9 Å². The predicted molar refractivity (Wildman–Crippen MR) is 69.9 cm³/mol. The van der Waals surface area contributed by atoms with Crippen molar-refractivity contribution < 1.29 is 17.9 Å². The molecule has 6 heteroatoms. The van der Waals surface area contributed by atoms with Crippen LogP contribution in [0.15, 0.2) is 35.2 Å². The highest BCUT2D eigenvalue weighted by Crippen LogP contribution is 2.38. The van der Waals surface area contributed by atoms with Crippen molar-refractivity contribution in [3.63, 3.8) is 0 Å². The van der Waals surface area contributed by atoms with E-state index < -0.39 is 10.0 Å². The minimum absolute atomic E-state index is 0.00531. The molecule has 0 amide bonds. The van der Waals surface area contributed by atoms with E-state index in [0.717, 1.165) is 6.42 Å². The number of hydrogen-bond donors (Lipinski definition) is 1. The normalized spacial score (nSPS) is 21.9. The van der Waals surface area contributed by atoms with Gasteiger partial charge in [0.2, 0.25) is 10.0 Å². The molecule has 1 fully saturated rings. The molecule has 1 N–H and O–H groups in total. The van der Waals surface area contributed by atoms with Gasteiger partial charge < -0.3 is 4.74 Å². The minimum Gasteiger partial charge on any atom is -0.464 e. The predicted octanol–water partition coefficient (Wildman–Crippen LogP) is 1.16. The van der Waals surface area contributed by atoms with Crippen LogP contribution in [-0.4, -0.2) is 27.5 Å². The first-order valence-corrected chi connectivity index (χ1v) is 7.70. The van der Waals surface area contributed by atoms with Crippen LogP contribution in [0.2, 0.25) is 0 Å². The van der Waals surface area contributed by atoms with Crippen LogP contribution in [0, 0.1) is 11.8 Å². The molecule has 5 nitrogen and oxygen atoms in total. The molecule has 0 radical (unpaired) electrons. The lowest BCUT2D eigenvalue weighted by atomic mass is 10.3. The maximum Gasteiger partial charge on any atom is 0.309 e. The quantitative estimate of drug-likeness (QED) is 0.628. The number of hydrogen-bond acceptors (Lipinski definition) is 4. The molecule has 0 heterocycles. The summed E-state index contributed by atoms with van der Waals surface area (Å²) in [5.74, 6) is 0.172. The average molecular weight is 283 g/mol. The third-order valence-electron chi connectivity index (χ3n) is 3.10. The third-order valence-corrected chi connectivity index (χ3v) is 4.58. The van der Waals surface area contributed by atoms with Crippen molar-refractivity contribution in [2.24, 2.45) is 11.8 Å². The number of carbonyl (C=O) groups is 1. The molecule has 0 aromatic heterocycles. The summed E-state index contributed by atoms with van der Waals surface area (Å²) in [6.45, 7) is 2.14. The topological polar surface area (TPSA) is 72.5 Å². The number of carbonyl (C=O) groups excluding carboxylic acids is 1. The summed E-state index contributed by atoms with van der Waals surface area (Å²) in [6.07, 6.45) is 0.870. The molecule has 0 spiro atoms. The molecule has 1 aromatic rings. The highest BCUT2D eigenvalue weighted by molar-refractivity contribution is 7.89. The van der Waals surface area contributed by atoms with Gasteiger partial charge in [0.15, 0.2) is 0 Å². The Bertz CT molecular complexity index is 541. The van der Waals surface area contributed by atoms with Gasteiger partial charge in [-0.2, -0.15) is 0 Å². The molecule has 2 atom stereocenters. The Morgan fingerprint density at radius 1 is 1.37 bits per heavy atom. The molecule has 0 aliphatic heterocycles. The van der Waals surface area contributed by atoms with Crippen molar-refractivity contribution in [3.05, 3.63) is 30.3 Å². The first-order chi connectivity index (χ1) is 9.00. The molecule has 2 rings (SSSR count). The Labute approximate surface area is 113 Å². The van der Waals surface area contributed by atoms with E-state index >= 15 is 0 Å². The summed E-state index contributed by atoms with van der Waals surface area (Å²) >= 11 is 0. The number of benzene rings is 1. The third kappa shape index (κ3) is 3.78. The van der Waals surface area contributed by atoms with Gasteiger partial charge in [-0.15, -0.1) is 0 Å². The van der Waals surface area contributed by atoms with Gasteiger partial charge in [0.1, 0.15) is 6.61 Å². The number of ether oxygens (including phenoxy) is 1. The Morgan fingerprint density at radius 2 is 2.00 bits per heavy atom. The molecular formula is C13H17NO4S. The van der Waals surface area contributed by atoms with E-state index in [4.69, 9.17) is 4.74 Å². The van der Waals surface area contributed by atoms with Gasteiger partial charge in [-0.1, -0.05) is 25.1 Å². The van der Waals surface area contributed by atoms with Gasteiger partial charge in [0.25, 0.3) is 0 Å². The van der Waals surface area contributed by atoms with Crippen LogP contribution in [0.5, 0.6) is 0 Å². The Kier molecular flexibility index (Phi) is 4.21. The summed E-state index contributed by atoms with van der Waals surface area (Å²) in [5.41, 5.74) is 0. The van der Waals surface area contributed by atoms with Crippen molar-refractivity contribution in [1.82, 2.24) is 4.72 Å². The maximum absolute atomic E-state index is 11.8. The van der Waals surface area contributed by atoms with Crippen LogP contribution in [0.4, 0.5) is 0 Å². The molecule has 19 heavy (non-hydrogen) atoms. The highest BCUT2D eigenvalue weighted by Gasteiger charge is 2.40. The fourth-order valence-corrected chi connectivity index (χ4v) is 2.80. The second kappa shape index (κ2) is 5.71. The van der Waals surface area contributed by atoms with E-state index in [1.165, 1.54) is 12.1 Å². The first-order valence-electron chi connectivity index (χ1n) is 6.22. The van der Waals surface area contributed by atoms with E-state index in [9.17, 15) is 13.2 Å². The lowest BCUT2D eigenvalue weighted by Gasteiger charge is -2.07. The minimum atomic E-state index is -3.51. The number of nitrogens with one attached hydrogen (secondary N) is 1. The zero-order chi connectivity index (χ0) is 13.9. The summed E-state index contributed by atoms with van der Waals surface area (Å²) in [5, 5.41) is 0. The van der Waals surface area contributed by atoms with Crippen LogP contribution in [-0.2, 0) is 19.6 Å². The summed E-state index contributed by atoms with van der Waals surface area (Å²) in [7, 11) is -3.51. The van der Waals surface area contributed by atoms with Crippen LogP contribution in [0.1, 0.15) is 13.3 Å². The van der Waals surface area contributed by atoms with Crippen molar-refractivity contribution >= 4 is 16.0 Å². The standard InChI is InChI=1S/C13H17NO4S/c1-10-9-12(10)13(15)18-8-7-14-19(16,17)11-5-3-2-4-6-11/h2-6,10,12,14H,7-9H2,1H3. The molecule has 1 aromatic carbocycles. The molecule has 1 aliphatic rings. The Morgan fingerprint density at radius 3 is 2.58 bits per heavy atom. The fourth-order valence-electron chi connectivity index (χ4n) is 1.77. The Balaban J connectivity index is 1.75. The van der Waals surface area contributed by atoms with Gasteiger partial charge in [-0.25, -0.2) is 13.1 Å². The second-order valence-corrected chi connectivity index (χ2v) is 6.46. The number of rotatable bonds is 6. The monoisotopic (exact) mass is 283 g/mol. The van der Waals surface area contributed by atoms with Crippen LogP contribution in [0.25, 0.3) is 0 Å². The molecular weight excluding hydrogens is 266 g/mol. The molecule has 0 bridgehead atoms. The fraction of sp³-hybridized carbons (Fsp3) is 0.462. The lowest BCUT2D eigenvalue weighted by Crippen LogP contribution is -2.28. The highest BCUT2D eigenvalue weighted by atomic mass is 32.2. The number of sulfonamides is 1. The molecule has 2 unspecified atom stereocenters. The zero-order valence-electron chi connectivity index (χ0n) is 10.7. The van der Waals surface area contributed by atoms with Gasteiger partial charge in [0.05, 0.1) is 10.8 Å². The van der Waals surface area contributed by atoms with Gasteiger partial charge in [0, 0.05) is 6.54 Å². The van der Waals surface area contributed by atoms with Crippen LogP contribution >= 0.6 is 0 Å². The van der Waals surface area contributed by atoms with Crippen molar-refractivity contribution in [2.75, 3.05) is 13.2 Å². The lowest BCUT2D eigenvalue weighted by molar-refractivity contribution is -0.145. The first kappa shape index (κ1) is 14.0. The average Bonchev–Trinajstić information content (AvgIpc) is 3.13. The van der Waals surface area contributed by atoms with Crippen molar-refractivity contribution in [2.45, 2.75) is 18.2 Å². The van der Waals surface area contributed by atoms with Gasteiger partial charge in [-0.05, 0) is 24.5 Å². The Hall–Kier alpha value is -1.40. The molecule has 1 saturated carbocycles. The van der Waals surface area contributed by atoms with E-state index in [0.29, 0.717) is 5.92 Å². The van der Waals surface area contributed by atoms with E-state index in [1.54, 1.807) is 18.2 Å². The van der Waals surface area contributed by atoms with E-state index in [1.807, 2.05) is 6.92 Å². The van der Waals surface area contributed by atoms with Crippen LogP contribution in [0.3, 0.4) is 0 Å². The van der Waals surface area contributed by atoms with Crippen molar-refractivity contribution in [3.8, 4) is 0 Å². The zero-order valence-corrected chi connectivity index (χ0v) is 11.5. The SMILES string of the molecule is CC1CC1C(=O)OCCNS(=O)(=O)c1ccccc1. The largest absolute Gasteiger partial charge is 0.464 e.